The molecule has 37 heavy (non-hydrogen) atoms. The summed E-state index contributed by atoms with van der Waals surface area (Å²) in [6.45, 7) is 9.12. The molecule has 194 valence electrons. The quantitative estimate of drug-likeness (QED) is 0.526. The topological polar surface area (TPSA) is 79.0 Å². The average Bonchev–Trinajstić information content (AvgIpc) is 3.15. The minimum absolute atomic E-state index is 0.0121. The van der Waals surface area contributed by atoms with E-state index in [1.165, 1.54) is 0 Å². The number of hydrogen-bond donors (Lipinski definition) is 1. The Labute approximate surface area is 219 Å². The molecule has 0 aliphatic carbocycles. The van der Waals surface area contributed by atoms with Gasteiger partial charge in [0, 0.05) is 30.0 Å². The largest absolute Gasteiger partial charge is 0.378 e. The number of benzene rings is 3. The van der Waals surface area contributed by atoms with Crippen molar-refractivity contribution < 1.29 is 17.9 Å². The van der Waals surface area contributed by atoms with E-state index in [4.69, 9.17) is 4.74 Å². The van der Waals surface area contributed by atoms with Gasteiger partial charge < -0.3 is 14.5 Å². The van der Waals surface area contributed by atoms with Crippen LogP contribution < -0.4 is 14.5 Å². The van der Waals surface area contributed by atoms with Crippen molar-refractivity contribution in [2.45, 2.75) is 43.7 Å². The summed E-state index contributed by atoms with van der Waals surface area (Å²) in [5.74, 6) is -0.488. The molecule has 0 aromatic heterocycles. The van der Waals surface area contributed by atoms with E-state index in [1.807, 2.05) is 29.2 Å². The average molecular weight is 520 g/mol. The van der Waals surface area contributed by atoms with Crippen LogP contribution in [0.15, 0.2) is 77.7 Å². The lowest BCUT2D eigenvalue weighted by Crippen LogP contribution is -2.40. The maximum absolute atomic E-state index is 13.7. The molecule has 3 aromatic rings. The fourth-order valence-corrected chi connectivity index (χ4v) is 6.41. The van der Waals surface area contributed by atoms with Crippen LogP contribution in [0.2, 0.25) is 0 Å². The van der Waals surface area contributed by atoms with E-state index in [9.17, 15) is 13.2 Å². The first kappa shape index (κ1) is 25.4. The van der Waals surface area contributed by atoms with Gasteiger partial charge >= 0.3 is 0 Å². The number of nitrogens with zero attached hydrogens (tertiary/aromatic N) is 2. The summed E-state index contributed by atoms with van der Waals surface area (Å²) < 4.78 is 33.6. The third-order valence-electron chi connectivity index (χ3n) is 6.67. The lowest BCUT2D eigenvalue weighted by molar-refractivity contribution is -0.118. The van der Waals surface area contributed by atoms with Crippen molar-refractivity contribution in [1.29, 1.82) is 0 Å². The van der Waals surface area contributed by atoms with Crippen LogP contribution in [-0.2, 0) is 26.1 Å². The maximum Gasteiger partial charge on any atom is 0.241 e. The Hall–Kier alpha value is -3.20. The summed E-state index contributed by atoms with van der Waals surface area (Å²) >= 11 is 0. The van der Waals surface area contributed by atoms with Crippen LogP contribution in [0.4, 0.5) is 11.4 Å². The zero-order valence-electron chi connectivity index (χ0n) is 21.5. The van der Waals surface area contributed by atoms with Gasteiger partial charge in [-0.2, -0.15) is 0 Å². The van der Waals surface area contributed by atoms with Crippen LogP contribution in [0.1, 0.15) is 43.4 Å². The molecule has 2 aliphatic rings. The van der Waals surface area contributed by atoms with E-state index in [1.54, 1.807) is 45.0 Å². The highest BCUT2D eigenvalue weighted by atomic mass is 32.2. The third kappa shape index (κ3) is 5.42. The molecule has 1 unspecified atom stereocenters. The van der Waals surface area contributed by atoms with E-state index < -0.39 is 21.5 Å². The summed E-state index contributed by atoms with van der Waals surface area (Å²) in [6, 6.07) is 22.8. The van der Waals surface area contributed by atoms with E-state index in [0.717, 1.165) is 54.4 Å². The van der Waals surface area contributed by atoms with Gasteiger partial charge in [0.05, 0.1) is 30.6 Å². The molecule has 3 aromatic carbocycles. The highest BCUT2D eigenvalue weighted by Gasteiger charge is 2.38. The van der Waals surface area contributed by atoms with Crippen LogP contribution in [0.5, 0.6) is 0 Å². The van der Waals surface area contributed by atoms with Gasteiger partial charge in [-0.05, 0) is 67.8 Å². The molecule has 0 radical (unpaired) electrons. The van der Waals surface area contributed by atoms with Crippen molar-refractivity contribution in [2.24, 2.45) is 0 Å². The van der Waals surface area contributed by atoms with Gasteiger partial charge in [-0.1, -0.05) is 42.5 Å². The number of para-hydroxylation sites is 1. The monoisotopic (exact) mass is 519 g/mol. The molecule has 1 saturated heterocycles. The van der Waals surface area contributed by atoms with Gasteiger partial charge in [0.25, 0.3) is 0 Å². The molecule has 0 saturated carbocycles. The molecule has 1 amide bonds. The molecule has 2 aliphatic heterocycles. The second-order valence-electron chi connectivity index (χ2n) is 10.6. The van der Waals surface area contributed by atoms with Gasteiger partial charge in [0.15, 0.2) is 0 Å². The van der Waals surface area contributed by atoms with Gasteiger partial charge in [0.2, 0.25) is 15.9 Å². The SMILES string of the molecule is CC(C)(C)NS(=O)(=O)c1ccc(C2C(=O)N(Cc3ccc(N4CCOCC4)cc3)c3ccccc32)cc1. The predicted molar refractivity (Wildman–Crippen MR) is 145 cm³/mol. The molecule has 1 N–H and O–H groups in total. The Morgan fingerprint density at radius 3 is 2.22 bits per heavy atom. The Bertz CT molecular complexity index is 1370. The minimum Gasteiger partial charge on any atom is -0.378 e. The molecule has 8 heteroatoms. The van der Waals surface area contributed by atoms with Crippen LogP contribution in [0.3, 0.4) is 0 Å². The standard InChI is InChI=1S/C29H33N3O4S/c1-29(2,3)30-37(34,35)24-14-10-22(11-15-24)27-25-6-4-5-7-26(25)32(28(27)33)20-21-8-12-23(13-9-21)31-16-18-36-19-17-31/h4-15,27,30H,16-20H2,1-3H3. The number of nitrogens with one attached hydrogen (secondary N) is 1. The first-order valence-electron chi connectivity index (χ1n) is 12.6. The first-order valence-corrected chi connectivity index (χ1v) is 14.1. The van der Waals surface area contributed by atoms with Gasteiger partial charge in [-0.3, -0.25) is 4.79 Å². The Morgan fingerprint density at radius 1 is 0.919 bits per heavy atom. The van der Waals surface area contributed by atoms with Gasteiger partial charge in [-0.25, -0.2) is 13.1 Å². The summed E-state index contributed by atoms with van der Waals surface area (Å²) in [5, 5.41) is 0. The van der Waals surface area contributed by atoms with Crippen molar-refractivity contribution in [1.82, 2.24) is 4.72 Å². The van der Waals surface area contributed by atoms with Crippen LogP contribution >= 0.6 is 0 Å². The molecule has 2 heterocycles. The van der Waals surface area contributed by atoms with Gasteiger partial charge in [0.1, 0.15) is 0 Å². The molecule has 7 nitrogen and oxygen atoms in total. The van der Waals surface area contributed by atoms with Crippen molar-refractivity contribution in [3.63, 3.8) is 0 Å². The second kappa shape index (κ2) is 9.93. The Balaban J connectivity index is 1.38. The molecular weight excluding hydrogens is 486 g/mol. The third-order valence-corrected chi connectivity index (χ3v) is 8.44. The lowest BCUT2D eigenvalue weighted by atomic mass is 9.93. The van der Waals surface area contributed by atoms with Crippen LogP contribution in [0.25, 0.3) is 0 Å². The number of rotatable bonds is 6. The number of hydrogen-bond acceptors (Lipinski definition) is 5. The summed E-state index contributed by atoms with van der Waals surface area (Å²) in [6.07, 6.45) is 0. The van der Waals surface area contributed by atoms with Crippen molar-refractivity contribution in [3.8, 4) is 0 Å². The number of anilines is 2. The summed E-state index contributed by atoms with van der Waals surface area (Å²) in [7, 11) is -3.65. The van der Waals surface area contributed by atoms with E-state index in [-0.39, 0.29) is 10.8 Å². The molecular formula is C29H33N3O4S. The number of carbonyl (C=O) groups is 1. The fraction of sp³-hybridized carbons (Fsp3) is 0.345. The first-order chi connectivity index (χ1) is 17.6. The number of carbonyl (C=O) groups excluding carboxylic acids is 1. The van der Waals surface area contributed by atoms with Crippen LogP contribution in [0, 0.1) is 0 Å². The molecule has 1 fully saturated rings. The smallest absolute Gasteiger partial charge is 0.241 e. The highest BCUT2D eigenvalue weighted by Crippen LogP contribution is 2.42. The highest BCUT2D eigenvalue weighted by molar-refractivity contribution is 7.89. The Kier molecular flexibility index (Phi) is 6.83. The number of morpholine rings is 1. The number of amides is 1. The normalized spacial score (nSPS) is 18.2. The zero-order chi connectivity index (χ0) is 26.2. The summed E-state index contributed by atoms with van der Waals surface area (Å²) in [5.41, 5.74) is 4.22. The zero-order valence-corrected chi connectivity index (χ0v) is 22.3. The van der Waals surface area contributed by atoms with E-state index in [0.29, 0.717) is 6.54 Å². The van der Waals surface area contributed by atoms with Crippen molar-refractivity contribution in [3.05, 3.63) is 89.5 Å². The summed E-state index contributed by atoms with van der Waals surface area (Å²) in [4.78, 5) is 18.0. The van der Waals surface area contributed by atoms with Gasteiger partial charge in [-0.15, -0.1) is 0 Å². The van der Waals surface area contributed by atoms with Crippen molar-refractivity contribution in [2.75, 3.05) is 36.1 Å². The number of fused-ring (bicyclic) bond motifs is 1. The van der Waals surface area contributed by atoms with E-state index in [2.05, 4.69) is 33.9 Å². The fourth-order valence-electron chi connectivity index (χ4n) is 4.99. The van der Waals surface area contributed by atoms with E-state index >= 15 is 0 Å². The second-order valence-corrected chi connectivity index (χ2v) is 12.3. The van der Waals surface area contributed by atoms with Crippen LogP contribution in [-0.4, -0.2) is 46.2 Å². The lowest BCUT2D eigenvalue weighted by Gasteiger charge is -2.29. The molecule has 0 spiro atoms. The maximum atomic E-state index is 13.7. The number of sulfonamides is 1. The predicted octanol–water partition coefficient (Wildman–Crippen LogP) is 4.28. The molecule has 0 bridgehead atoms. The minimum atomic E-state index is -3.65. The molecule has 5 rings (SSSR count). The molecule has 1 atom stereocenters. The van der Waals surface area contributed by atoms with Crippen molar-refractivity contribution >= 4 is 27.3 Å². The Morgan fingerprint density at radius 2 is 1.57 bits per heavy atom. The number of ether oxygens (including phenoxy) is 1.